The predicted molar refractivity (Wildman–Crippen MR) is 72.0 cm³/mol. The van der Waals surface area contributed by atoms with Crippen molar-refractivity contribution in [3.63, 3.8) is 0 Å². The van der Waals surface area contributed by atoms with Gasteiger partial charge in [-0.1, -0.05) is 12.1 Å². The molecule has 0 atom stereocenters. The lowest BCUT2D eigenvalue weighted by Gasteiger charge is -1.91. The molecule has 1 N–H and O–H groups in total. The number of hydrogen-bond acceptors (Lipinski definition) is 5. The lowest BCUT2D eigenvalue weighted by molar-refractivity contribution is -0.384. The number of rotatable bonds is 3. The number of para-hydroxylation sites is 1. The molecule has 2 rings (SSSR count). The minimum Gasteiger partial charge on any atom is -0.507 e. The van der Waals surface area contributed by atoms with Gasteiger partial charge in [0.15, 0.2) is 6.29 Å². The van der Waals surface area contributed by atoms with Gasteiger partial charge in [0.1, 0.15) is 12.0 Å². The molecular weight excluding hydrogens is 262 g/mol. The Bertz CT molecular complexity index is 607. The van der Waals surface area contributed by atoms with Crippen LogP contribution >= 0.6 is 0 Å². The summed E-state index contributed by atoms with van der Waals surface area (Å²) in [5.74, 6) is 0.0347. The Morgan fingerprint density at radius 2 is 1.55 bits per heavy atom. The Balaban J connectivity index is 0.000000204. The number of aromatic hydroxyl groups is 1. The number of benzene rings is 2. The maximum atomic E-state index is 10.1. The van der Waals surface area contributed by atoms with Gasteiger partial charge in [-0.3, -0.25) is 19.7 Å². The molecule has 0 fully saturated rings. The molecule has 0 unspecified atom stereocenters. The average molecular weight is 273 g/mol. The quantitative estimate of drug-likeness (QED) is 0.526. The summed E-state index contributed by atoms with van der Waals surface area (Å²) in [5.41, 5.74) is 0.767. The molecule has 0 amide bonds. The first-order valence-corrected chi connectivity index (χ1v) is 5.51. The number of carbonyl (C=O) groups excluding carboxylic acids is 2. The zero-order valence-electron chi connectivity index (χ0n) is 10.3. The molecule has 0 aromatic heterocycles. The molecule has 0 aliphatic carbocycles. The molecule has 0 aliphatic rings. The van der Waals surface area contributed by atoms with Crippen LogP contribution in [0.15, 0.2) is 48.5 Å². The zero-order chi connectivity index (χ0) is 15.0. The monoisotopic (exact) mass is 273 g/mol. The van der Waals surface area contributed by atoms with Crippen LogP contribution in [-0.2, 0) is 0 Å². The SMILES string of the molecule is O=Cc1ccc([N+](=O)[O-])cc1.O=Cc1ccccc1O. The fourth-order valence-electron chi connectivity index (χ4n) is 1.26. The van der Waals surface area contributed by atoms with Gasteiger partial charge in [0.05, 0.1) is 10.5 Å². The molecule has 0 saturated carbocycles. The van der Waals surface area contributed by atoms with Gasteiger partial charge in [-0.25, -0.2) is 0 Å². The molecule has 20 heavy (non-hydrogen) atoms. The molecule has 6 heteroatoms. The molecule has 2 aromatic rings. The Labute approximate surface area is 114 Å². The smallest absolute Gasteiger partial charge is 0.269 e. The van der Waals surface area contributed by atoms with E-state index in [0.29, 0.717) is 23.7 Å². The molecule has 0 spiro atoms. The van der Waals surface area contributed by atoms with Gasteiger partial charge in [0, 0.05) is 17.7 Å². The second-order valence-electron chi connectivity index (χ2n) is 3.64. The highest BCUT2D eigenvalue weighted by atomic mass is 16.6. The van der Waals surface area contributed by atoms with E-state index in [-0.39, 0.29) is 11.4 Å². The summed E-state index contributed by atoms with van der Waals surface area (Å²) in [6.07, 6.45) is 1.26. The Hall–Kier alpha value is -3.02. The lowest BCUT2D eigenvalue weighted by Crippen LogP contribution is -1.87. The topological polar surface area (TPSA) is 97.5 Å². The minimum absolute atomic E-state index is 0.00407. The fraction of sp³-hybridized carbons (Fsp3) is 0. The predicted octanol–water partition coefficient (Wildman–Crippen LogP) is 2.61. The molecule has 0 radical (unpaired) electrons. The summed E-state index contributed by atoms with van der Waals surface area (Å²) in [4.78, 5) is 29.8. The fourth-order valence-corrected chi connectivity index (χ4v) is 1.26. The first kappa shape index (κ1) is 15.0. The maximum Gasteiger partial charge on any atom is 0.269 e. The summed E-state index contributed by atoms with van der Waals surface area (Å²) in [6.45, 7) is 0. The van der Waals surface area contributed by atoms with E-state index in [1.165, 1.54) is 30.3 Å². The summed E-state index contributed by atoms with van der Waals surface area (Å²) in [7, 11) is 0. The zero-order valence-corrected chi connectivity index (χ0v) is 10.3. The van der Waals surface area contributed by atoms with Crippen molar-refractivity contribution in [2.45, 2.75) is 0 Å². The maximum absolute atomic E-state index is 10.1. The van der Waals surface area contributed by atoms with Crippen LogP contribution < -0.4 is 0 Å². The molecule has 2 aromatic carbocycles. The molecule has 0 heterocycles. The normalized spacial score (nSPS) is 9.00. The highest BCUT2D eigenvalue weighted by molar-refractivity contribution is 5.78. The van der Waals surface area contributed by atoms with Gasteiger partial charge >= 0.3 is 0 Å². The number of aldehydes is 2. The number of nitro groups is 1. The van der Waals surface area contributed by atoms with Crippen LogP contribution in [-0.4, -0.2) is 22.6 Å². The van der Waals surface area contributed by atoms with Crippen molar-refractivity contribution in [1.82, 2.24) is 0 Å². The van der Waals surface area contributed by atoms with Crippen molar-refractivity contribution >= 4 is 18.3 Å². The van der Waals surface area contributed by atoms with Crippen LogP contribution in [0.1, 0.15) is 20.7 Å². The van der Waals surface area contributed by atoms with Crippen molar-refractivity contribution in [2.24, 2.45) is 0 Å². The van der Waals surface area contributed by atoms with E-state index in [0.717, 1.165) is 0 Å². The first-order chi connectivity index (χ1) is 9.58. The molecule has 6 nitrogen and oxygen atoms in total. The van der Waals surface area contributed by atoms with E-state index >= 15 is 0 Å². The van der Waals surface area contributed by atoms with Crippen molar-refractivity contribution in [2.75, 3.05) is 0 Å². The Morgan fingerprint density at radius 1 is 0.950 bits per heavy atom. The van der Waals surface area contributed by atoms with Gasteiger partial charge in [0.25, 0.3) is 5.69 Å². The first-order valence-electron chi connectivity index (χ1n) is 5.51. The number of hydrogen-bond donors (Lipinski definition) is 1. The molecule has 0 saturated heterocycles. The van der Waals surface area contributed by atoms with E-state index < -0.39 is 4.92 Å². The lowest BCUT2D eigenvalue weighted by atomic mass is 10.2. The molecular formula is C14H11NO5. The number of nitro benzene ring substituents is 1. The number of phenolic OH excluding ortho intramolecular Hbond substituents is 1. The number of carbonyl (C=O) groups is 2. The average Bonchev–Trinajstić information content (AvgIpc) is 2.48. The van der Waals surface area contributed by atoms with Crippen molar-refractivity contribution in [3.05, 3.63) is 69.8 Å². The van der Waals surface area contributed by atoms with Gasteiger partial charge in [0.2, 0.25) is 0 Å². The van der Waals surface area contributed by atoms with Crippen molar-refractivity contribution in [3.8, 4) is 5.75 Å². The number of non-ortho nitro benzene ring substituents is 1. The summed E-state index contributed by atoms with van der Waals surface area (Å²) in [5, 5.41) is 19.0. The standard InChI is InChI=1S/C7H5NO3.C7H6O2/c9-5-6-1-3-7(4-2-6)8(10)11;8-5-6-3-1-2-4-7(6)9/h1-5H;1-5,9H. The number of nitrogens with zero attached hydrogens (tertiary/aromatic N) is 1. The molecule has 102 valence electrons. The van der Waals surface area contributed by atoms with Crippen LogP contribution in [0.5, 0.6) is 5.75 Å². The van der Waals surface area contributed by atoms with Crippen LogP contribution in [0, 0.1) is 10.1 Å². The van der Waals surface area contributed by atoms with Crippen LogP contribution in [0.2, 0.25) is 0 Å². The third-order valence-corrected chi connectivity index (χ3v) is 2.30. The largest absolute Gasteiger partial charge is 0.507 e. The van der Waals surface area contributed by atoms with Crippen LogP contribution in [0.4, 0.5) is 5.69 Å². The Morgan fingerprint density at radius 3 is 1.95 bits per heavy atom. The summed E-state index contributed by atoms with van der Waals surface area (Å²) < 4.78 is 0. The highest BCUT2D eigenvalue weighted by Gasteiger charge is 2.02. The van der Waals surface area contributed by atoms with Gasteiger partial charge in [-0.15, -0.1) is 0 Å². The van der Waals surface area contributed by atoms with Crippen LogP contribution in [0.25, 0.3) is 0 Å². The third kappa shape index (κ3) is 4.34. The van der Waals surface area contributed by atoms with Crippen molar-refractivity contribution < 1.29 is 19.6 Å². The molecule has 0 aliphatic heterocycles. The highest BCUT2D eigenvalue weighted by Crippen LogP contribution is 2.11. The van der Waals surface area contributed by atoms with Gasteiger partial charge in [-0.05, 0) is 24.3 Å². The van der Waals surface area contributed by atoms with E-state index in [1.54, 1.807) is 18.2 Å². The Kier molecular flexibility index (Phi) is 5.58. The summed E-state index contributed by atoms with van der Waals surface area (Å²) >= 11 is 0. The number of phenols is 1. The molecule has 0 bridgehead atoms. The van der Waals surface area contributed by atoms with Crippen molar-refractivity contribution in [1.29, 1.82) is 0 Å². The van der Waals surface area contributed by atoms with E-state index in [2.05, 4.69) is 0 Å². The van der Waals surface area contributed by atoms with E-state index in [9.17, 15) is 19.7 Å². The van der Waals surface area contributed by atoms with E-state index in [4.69, 9.17) is 5.11 Å². The second kappa shape index (κ2) is 7.42. The second-order valence-corrected chi connectivity index (χ2v) is 3.64. The van der Waals surface area contributed by atoms with E-state index in [1.807, 2.05) is 0 Å². The third-order valence-electron chi connectivity index (χ3n) is 2.30. The minimum atomic E-state index is -0.505. The summed E-state index contributed by atoms with van der Waals surface area (Å²) in [6, 6.07) is 11.8. The van der Waals surface area contributed by atoms with Gasteiger partial charge < -0.3 is 5.11 Å². The van der Waals surface area contributed by atoms with Gasteiger partial charge in [-0.2, -0.15) is 0 Å². The van der Waals surface area contributed by atoms with Crippen LogP contribution in [0.3, 0.4) is 0 Å².